The third-order valence-electron chi connectivity index (χ3n) is 3.11. The Morgan fingerprint density at radius 2 is 2.31 bits per heavy atom. The van der Waals surface area contributed by atoms with Crippen LogP contribution < -0.4 is 10.2 Å². The van der Waals surface area contributed by atoms with Gasteiger partial charge in [-0.05, 0) is 33.1 Å². The lowest BCUT2D eigenvalue weighted by atomic mass is 10.0. The summed E-state index contributed by atoms with van der Waals surface area (Å²) in [7, 11) is 0. The van der Waals surface area contributed by atoms with Gasteiger partial charge in [0.05, 0.1) is 0 Å². The molecule has 0 aromatic carbocycles. The van der Waals surface area contributed by atoms with E-state index in [4.69, 9.17) is 0 Å². The van der Waals surface area contributed by atoms with Gasteiger partial charge in [-0.1, -0.05) is 0 Å². The molecule has 16 heavy (non-hydrogen) atoms. The fourth-order valence-electron chi connectivity index (χ4n) is 2.22. The van der Waals surface area contributed by atoms with Crippen molar-refractivity contribution >= 4 is 11.6 Å². The number of nitrogens with one attached hydrogen (secondary N) is 1. The van der Waals surface area contributed by atoms with E-state index < -0.39 is 0 Å². The van der Waals surface area contributed by atoms with Gasteiger partial charge in [-0.2, -0.15) is 0 Å². The second-order valence-electron chi connectivity index (χ2n) is 4.33. The lowest BCUT2D eigenvalue weighted by Crippen LogP contribution is -2.38. The number of hydrogen-bond acceptors (Lipinski definition) is 4. The van der Waals surface area contributed by atoms with Crippen LogP contribution in [0.25, 0.3) is 0 Å². The van der Waals surface area contributed by atoms with Crippen molar-refractivity contribution < 1.29 is 0 Å². The second-order valence-corrected chi connectivity index (χ2v) is 4.33. The van der Waals surface area contributed by atoms with Crippen LogP contribution in [0.1, 0.15) is 33.1 Å². The Balaban J connectivity index is 2.15. The summed E-state index contributed by atoms with van der Waals surface area (Å²) in [5, 5.41) is 3.22. The molecular weight excluding hydrogens is 200 g/mol. The molecule has 0 bridgehead atoms. The number of anilines is 2. The van der Waals surface area contributed by atoms with E-state index in [1.54, 1.807) is 6.33 Å². The predicted molar refractivity (Wildman–Crippen MR) is 66.9 cm³/mol. The predicted octanol–water partition coefficient (Wildman–Crippen LogP) is 2.29. The molecule has 1 aromatic heterocycles. The fraction of sp³-hybridized carbons (Fsp3) is 0.667. The zero-order chi connectivity index (χ0) is 11.4. The highest BCUT2D eigenvalue weighted by Crippen LogP contribution is 2.23. The highest BCUT2D eigenvalue weighted by atomic mass is 15.2. The van der Waals surface area contributed by atoms with E-state index in [9.17, 15) is 0 Å². The van der Waals surface area contributed by atoms with Crippen LogP contribution in [-0.4, -0.2) is 29.1 Å². The Morgan fingerprint density at radius 1 is 1.44 bits per heavy atom. The molecule has 0 amide bonds. The monoisotopic (exact) mass is 220 g/mol. The van der Waals surface area contributed by atoms with Crippen LogP contribution in [0.4, 0.5) is 11.6 Å². The maximum atomic E-state index is 4.37. The maximum Gasteiger partial charge on any atom is 0.134 e. The van der Waals surface area contributed by atoms with E-state index in [0.29, 0.717) is 6.04 Å². The highest BCUT2D eigenvalue weighted by Gasteiger charge is 2.19. The molecule has 88 valence electrons. The van der Waals surface area contributed by atoms with Crippen molar-refractivity contribution in [3.05, 3.63) is 12.4 Å². The van der Waals surface area contributed by atoms with Crippen molar-refractivity contribution in [2.45, 2.75) is 39.2 Å². The Bertz CT molecular complexity index is 340. The minimum Gasteiger partial charge on any atom is -0.370 e. The first kappa shape index (κ1) is 11.2. The van der Waals surface area contributed by atoms with Crippen LogP contribution in [-0.2, 0) is 0 Å². The summed E-state index contributed by atoms with van der Waals surface area (Å²) in [6.45, 7) is 6.36. The summed E-state index contributed by atoms with van der Waals surface area (Å²) in [5.74, 6) is 1.98. The minimum atomic E-state index is 0.595. The van der Waals surface area contributed by atoms with Crippen LogP contribution >= 0.6 is 0 Å². The number of rotatable bonds is 3. The first-order chi connectivity index (χ1) is 7.81. The van der Waals surface area contributed by atoms with E-state index in [0.717, 1.165) is 24.7 Å². The molecule has 0 saturated carbocycles. The molecular formula is C12H20N4. The number of hydrogen-bond donors (Lipinski definition) is 1. The molecule has 1 unspecified atom stereocenters. The van der Waals surface area contributed by atoms with Gasteiger partial charge in [0.2, 0.25) is 0 Å². The summed E-state index contributed by atoms with van der Waals surface area (Å²) in [5.41, 5.74) is 0. The van der Waals surface area contributed by atoms with Gasteiger partial charge in [-0.25, -0.2) is 9.97 Å². The zero-order valence-electron chi connectivity index (χ0n) is 10.1. The van der Waals surface area contributed by atoms with Crippen LogP contribution in [0.5, 0.6) is 0 Å². The molecule has 0 radical (unpaired) electrons. The molecule has 1 aliphatic rings. The SMILES string of the molecule is CCNc1cc(N2CCCCC2C)ncn1. The van der Waals surface area contributed by atoms with Gasteiger partial charge in [-0.15, -0.1) is 0 Å². The number of piperidine rings is 1. The Kier molecular flexibility index (Phi) is 3.59. The van der Waals surface area contributed by atoms with Crippen molar-refractivity contribution in [3.63, 3.8) is 0 Å². The fourth-order valence-corrected chi connectivity index (χ4v) is 2.22. The second kappa shape index (κ2) is 5.14. The first-order valence-corrected chi connectivity index (χ1v) is 6.14. The molecule has 0 aliphatic carbocycles. The van der Waals surface area contributed by atoms with E-state index >= 15 is 0 Å². The third kappa shape index (κ3) is 2.43. The molecule has 4 nitrogen and oxygen atoms in total. The average Bonchev–Trinajstić information content (AvgIpc) is 2.30. The number of aromatic nitrogens is 2. The van der Waals surface area contributed by atoms with Gasteiger partial charge in [0.1, 0.15) is 18.0 Å². The summed E-state index contributed by atoms with van der Waals surface area (Å²) >= 11 is 0. The summed E-state index contributed by atoms with van der Waals surface area (Å²) in [4.78, 5) is 11.0. The van der Waals surface area contributed by atoms with Crippen molar-refractivity contribution in [1.29, 1.82) is 0 Å². The molecule has 1 N–H and O–H groups in total. The van der Waals surface area contributed by atoms with Crippen LogP contribution in [0.15, 0.2) is 12.4 Å². The van der Waals surface area contributed by atoms with Crippen LogP contribution in [0.2, 0.25) is 0 Å². The van der Waals surface area contributed by atoms with Crippen molar-refractivity contribution in [2.75, 3.05) is 23.3 Å². The maximum absolute atomic E-state index is 4.37. The van der Waals surface area contributed by atoms with Gasteiger partial charge in [0, 0.05) is 25.2 Å². The summed E-state index contributed by atoms with van der Waals surface area (Å²) < 4.78 is 0. The molecule has 1 fully saturated rings. The largest absolute Gasteiger partial charge is 0.370 e. The van der Waals surface area contributed by atoms with Gasteiger partial charge >= 0.3 is 0 Å². The minimum absolute atomic E-state index is 0.595. The molecule has 1 aliphatic heterocycles. The normalized spacial score (nSPS) is 20.9. The van der Waals surface area contributed by atoms with Crippen LogP contribution in [0, 0.1) is 0 Å². The third-order valence-corrected chi connectivity index (χ3v) is 3.11. The molecule has 1 atom stereocenters. The average molecular weight is 220 g/mol. The van der Waals surface area contributed by atoms with E-state index in [1.165, 1.54) is 19.3 Å². The van der Waals surface area contributed by atoms with Gasteiger partial charge in [-0.3, -0.25) is 0 Å². The Morgan fingerprint density at radius 3 is 3.06 bits per heavy atom. The highest BCUT2D eigenvalue weighted by molar-refractivity contribution is 5.49. The molecule has 2 rings (SSSR count). The Labute approximate surface area is 97.1 Å². The Hall–Kier alpha value is -1.32. The number of nitrogens with zero attached hydrogens (tertiary/aromatic N) is 3. The van der Waals surface area contributed by atoms with Gasteiger partial charge < -0.3 is 10.2 Å². The van der Waals surface area contributed by atoms with Crippen LogP contribution in [0.3, 0.4) is 0 Å². The zero-order valence-corrected chi connectivity index (χ0v) is 10.1. The van der Waals surface area contributed by atoms with Crippen molar-refractivity contribution in [2.24, 2.45) is 0 Å². The van der Waals surface area contributed by atoms with Gasteiger partial charge in [0.25, 0.3) is 0 Å². The van der Waals surface area contributed by atoms with E-state index in [1.807, 2.05) is 6.07 Å². The first-order valence-electron chi connectivity index (χ1n) is 6.14. The smallest absolute Gasteiger partial charge is 0.134 e. The molecule has 4 heteroatoms. The van der Waals surface area contributed by atoms with Crippen molar-refractivity contribution in [1.82, 2.24) is 9.97 Å². The van der Waals surface area contributed by atoms with Gasteiger partial charge in [0.15, 0.2) is 0 Å². The molecule has 2 heterocycles. The lowest BCUT2D eigenvalue weighted by Gasteiger charge is -2.34. The van der Waals surface area contributed by atoms with E-state index in [2.05, 4.69) is 34.0 Å². The van der Waals surface area contributed by atoms with E-state index in [-0.39, 0.29) is 0 Å². The topological polar surface area (TPSA) is 41.0 Å². The van der Waals surface area contributed by atoms with Crippen molar-refractivity contribution in [3.8, 4) is 0 Å². The standard InChI is InChI=1S/C12H20N4/c1-3-13-11-8-12(15-9-14-11)16-7-5-4-6-10(16)2/h8-10H,3-7H2,1-2H3,(H,13,14,15). The summed E-state index contributed by atoms with van der Waals surface area (Å²) in [6.07, 6.45) is 5.52. The quantitative estimate of drug-likeness (QED) is 0.848. The summed E-state index contributed by atoms with van der Waals surface area (Å²) in [6, 6.07) is 2.64. The molecule has 1 saturated heterocycles. The molecule has 1 aromatic rings. The lowest BCUT2D eigenvalue weighted by molar-refractivity contribution is 0.481. The molecule has 0 spiro atoms.